The average molecular weight is 355 g/mol. The second-order valence-electron chi connectivity index (χ2n) is 5.94. The maximum atomic E-state index is 11.7. The lowest BCUT2D eigenvalue weighted by Gasteiger charge is -2.14. The lowest BCUT2D eigenvalue weighted by Crippen LogP contribution is -2.04. The van der Waals surface area contributed by atoms with E-state index in [4.69, 9.17) is 4.74 Å². The molecule has 0 aliphatic carbocycles. The fourth-order valence-corrected chi connectivity index (χ4v) is 2.42. The van der Waals surface area contributed by atoms with Crippen molar-refractivity contribution in [2.75, 3.05) is 7.11 Å². The van der Waals surface area contributed by atoms with Gasteiger partial charge < -0.3 is 20.1 Å². The summed E-state index contributed by atoms with van der Waals surface area (Å²) in [6.45, 7) is 3.84. The van der Waals surface area contributed by atoms with Crippen LogP contribution in [0.4, 0.5) is 0 Å². The van der Waals surface area contributed by atoms with Crippen LogP contribution >= 0.6 is 0 Å². The molecule has 0 fully saturated rings. The van der Waals surface area contributed by atoms with E-state index in [0.29, 0.717) is 29.0 Å². The van der Waals surface area contributed by atoms with E-state index < -0.39 is 5.97 Å². The Morgan fingerprint density at radius 2 is 1.96 bits per heavy atom. The number of carbonyl (C=O) groups is 1. The van der Waals surface area contributed by atoms with Crippen LogP contribution in [0.5, 0.6) is 17.2 Å². The number of ether oxygens (including phenoxy) is 1. The summed E-state index contributed by atoms with van der Waals surface area (Å²) in [6.07, 6.45) is 6.67. The fourth-order valence-electron chi connectivity index (χ4n) is 2.42. The molecule has 0 saturated carbocycles. The molecule has 2 rings (SSSR count). The Morgan fingerprint density at radius 1 is 1.23 bits per heavy atom. The van der Waals surface area contributed by atoms with Crippen LogP contribution in [-0.4, -0.2) is 33.4 Å². The molecule has 0 saturated heterocycles. The number of aromatic carboxylic acids is 1. The lowest BCUT2D eigenvalue weighted by molar-refractivity contribution is 0.0693. The van der Waals surface area contributed by atoms with Crippen LogP contribution in [-0.2, 0) is 6.42 Å². The largest absolute Gasteiger partial charge is 0.507 e. The van der Waals surface area contributed by atoms with E-state index in [1.165, 1.54) is 25.4 Å². The van der Waals surface area contributed by atoms with Crippen LogP contribution in [0.25, 0.3) is 12.2 Å². The fraction of sp³-hybridized carbons (Fsp3) is 0.200. The number of carboxylic acids is 1. The molecule has 0 unspecified atom stereocenters. The molecular formula is C20H21NO5. The normalized spacial score (nSPS) is 10.7. The predicted molar refractivity (Wildman–Crippen MR) is 99.6 cm³/mol. The number of aromatic hydroxyl groups is 2. The highest BCUT2D eigenvalue weighted by Gasteiger charge is 2.21. The van der Waals surface area contributed by atoms with Crippen LogP contribution in [0, 0.1) is 0 Å². The second-order valence-corrected chi connectivity index (χ2v) is 5.94. The number of pyridine rings is 1. The number of allylic oxidation sites excluding steroid dienone is 2. The third-order valence-corrected chi connectivity index (χ3v) is 3.75. The molecule has 0 atom stereocenters. The Balaban J connectivity index is 2.54. The molecule has 3 N–H and O–H groups in total. The van der Waals surface area contributed by atoms with E-state index in [0.717, 1.165) is 5.57 Å². The Labute approximate surface area is 151 Å². The van der Waals surface area contributed by atoms with Gasteiger partial charge in [0.05, 0.1) is 19.0 Å². The van der Waals surface area contributed by atoms with Gasteiger partial charge in [0, 0.05) is 5.56 Å². The highest BCUT2D eigenvalue weighted by molar-refractivity contribution is 5.97. The Morgan fingerprint density at radius 3 is 2.50 bits per heavy atom. The lowest BCUT2D eigenvalue weighted by atomic mass is 9.97. The third-order valence-electron chi connectivity index (χ3n) is 3.75. The zero-order valence-corrected chi connectivity index (χ0v) is 14.9. The molecule has 0 aliphatic heterocycles. The molecule has 26 heavy (non-hydrogen) atoms. The number of benzene rings is 1. The van der Waals surface area contributed by atoms with E-state index in [2.05, 4.69) is 4.98 Å². The molecule has 0 radical (unpaired) electrons. The number of rotatable bonds is 6. The van der Waals surface area contributed by atoms with Gasteiger partial charge in [-0.05, 0) is 50.1 Å². The van der Waals surface area contributed by atoms with Gasteiger partial charge in [0.15, 0.2) is 0 Å². The summed E-state index contributed by atoms with van der Waals surface area (Å²) in [5, 5.41) is 29.3. The number of carboxylic acid groups (broad SMARTS) is 1. The van der Waals surface area contributed by atoms with E-state index in [1.54, 1.807) is 18.2 Å². The summed E-state index contributed by atoms with van der Waals surface area (Å²) in [5.74, 6) is -1.10. The van der Waals surface area contributed by atoms with Gasteiger partial charge in [-0.1, -0.05) is 17.7 Å². The van der Waals surface area contributed by atoms with Crippen LogP contribution in [0.15, 0.2) is 36.0 Å². The van der Waals surface area contributed by atoms with Gasteiger partial charge in [-0.2, -0.15) is 0 Å². The number of hydrogen-bond donors (Lipinski definition) is 3. The van der Waals surface area contributed by atoms with Crippen molar-refractivity contribution in [2.24, 2.45) is 0 Å². The van der Waals surface area contributed by atoms with Crippen molar-refractivity contribution in [3.05, 3.63) is 58.4 Å². The SMILES string of the molecule is COc1cc(/C=C/c2ccc(O)cn2)c(C(=O)O)c(O)c1CC=C(C)C. The number of aromatic nitrogens is 1. The van der Waals surface area contributed by atoms with Crippen LogP contribution in [0.3, 0.4) is 0 Å². The minimum atomic E-state index is -1.23. The predicted octanol–water partition coefficient (Wildman–Crippen LogP) is 3.88. The van der Waals surface area contributed by atoms with Gasteiger partial charge in [0.1, 0.15) is 22.8 Å². The molecule has 0 bridgehead atoms. The van der Waals surface area contributed by atoms with Crippen molar-refractivity contribution in [3.63, 3.8) is 0 Å². The monoisotopic (exact) mass is 355 g/mol. The Kier molecular flexibility index (Phi) is 6.01. The highest BCUT2D eigenvalue weighted by Crippen LogP contribution is 2.36. The molecule has 0 spiro atoms. The Hall–Kier alpha value is -3.28. The van der Waals surface area contributed by atoms with Crippen molar-refractivity contribution in [3.8, 4) is 17.2 Å². The van der Waals surface area contributed by atoms with E-state index >= 15 is 0 Å². The number of nitrogens with zero attached hydrogens (tertiary/aromatic N) is 1. The first kappa shape index (κ1) is 19.1. The topological polar surface area (TPSA) is 99.9 Å². The first-order valence-electron chi connectivity index (χ1n) is 7.96. The second kappa shape index (κ2) is 8.20. The molecule has 0 aliphatic rings. The summed E-state index contributed by atoms with van der Waals surface area (Å²) in [5.41, 5.74) is 2.10. The molecule has 6 nitrogen and oxygen atoms in total. The molecule has 6 heteroatoms. The molecule has 2 aromatic rings. The highest BCUT2D eigenvalue weighted by atomic mass is 16.5. The van der Waals surface area contributed by atoms with Gasteiger partial charge in [0.2, 0.25) is 0 Å². The number of methoxy groups -OCH3 is 1. The zero-order valence-electron chi connectivity index (χ0n) is 14.9. The minimum Gasteiger partial charge on any atom is -0.507 e. The molecular weight excluding hydrogens is 334 g/mol. The Bertz CT molecular complexity index is 863. The smallest absolute Gasteiger partial charge is 0.340 e. The molecule has 1 heterocycles. The quantitative estimate of drug-likeness (QED) is 0.680. The van der Waals surface area contributed by atoms with Crippen molar-refractivity contribution >= 4 is 18.1 Å². The third kappa shape index (κ3) is 4.42. The maximum absolute atomic E-state index is 11.7. The standard InChI is InChI=1S/C20H21NO5/c1-12(2)4-9-16-17(26-3)10-13(18(19(16)23)20(24)25)5-6-14-7-8-15(22)11-21-14/h4-8,10-11,22-23H,9H2,1-3H3,(H,24,25)/b6-5+. The van der Waals surface area contributed by atoms with E-state index in [-0.39, 0.29) is 17.1 Å². The van der Waals surface area contributed by atoms with E-state index in [1.807, 2.05) is 19.9 Å². The van der Waals surface area contributed by atoms with Gasteiger partial charge in [-0.25, -0.2) is 4.79 Å². The minimum absolute atomic E-state index is 0.0383. The summed E-state index contributed by atoms with van der Waals surface area (Å²) in [6, 6.07) is 4.64. The maximum Gasteiger partial charge on any atom is 0.340 e. The summed E-state index contributed by atoms with van der Waals surface area (Å²) < 4.78 is 5.34. The van der Waals surface area contributed by atoms with Crippen molar-refractivity contribution in [2.45, 2.75) is 20.3 Å². The van der Waals surface area contributed by atoms with Crippen molar-refractivity contribution in [1.82, 2.24) is 4.98 Å². The van der Waals surface area contributed by atoms with Crippen LogP contribution in [0.2, 0.25) is 0 Å². The zero-order chi connectivity index (χ0) is 19.3. The molecule has 1 aromatic carbocycles. The van der Waals surface area contributed by atoms with Gasteiger partial charge in [-0.3, -0.25) is 4.98 Å². The summed E-state index contributed by atoms with van der Waals surface area (Å²) in [4.78, 5) is 15.7. The summed E-state index contributed by atoms with van der Waals surface area (Å²) >= 11 is 0. The average Bonchev–Trinajstić information content (AvgIpc) is 2.59. The molecule has 1 aromatic heterocycles. The van der Waals surface area contributed by atoms with Crippen LogP contribution in [0.1, 0.15) is 41.0 Å². The van der Waals surface area contributed by atoms with Gasteiger partial charge in [-0.15, -0.1) is 0 Å². The number of phenols is 1. The number of hydrogen-bond acceptors (Lipinski definition) is 5. The van der Waals surface area contributed by atoms with Gasteiger partial charge in [0.25, 0.3) is 0 Å². The summed E-state index contributed by atoms with van der Waals surface area (Å²) in [7, 11) is 1.47. The first-order valence-corrected chi connectivity index (χ1v) is 7.96. The van der Waals surface area contributed by atoms with E-state index in [9.17, 15) is 20.1 Å². The van der Waals surface area contributed by atoms with Crippen molar-refractivity contribution in [1.29, 1.82) is 0 Å². The van der Waals surface area contributed by atoms with Crippen LogP contribution < -0.4 is 4.74 Å². The van der Waals surface area contributed by atoms with Crippen molar-refractivity contribution < 1.29 is 24.9 Å². The first-order chi connectivity index (χ1) is 12.3. The van der Waals surface area contributed by atoms with Gasteiger partial charge >= 0.3 is 5.97 Å². The molecule has 136 valence electrons. The molecule has 0 amide bonds.